The molecule has 0 unspecified atom stereocenters. The van der Waals surface area contributed by atoms with Crippen molar-refractivity contribution in [1.29, 1.82) is 0 Å². The van der Waals surface area contributed by atoms with Gasteiger partial charge < -0.3 is 5.43 Å². The number of benzene rings is 1. The maximum Gasteiger partial charge on any atom is 0.0575 e. The van der Waals surface area contributed by atoms with E-state index in [1.54, 1.807) is 0 Å². The van der Waals surface area contributed by atoms with Crippen LogP contribution in [0.15, 0.2) is 47.2 Å². The second-order valence-corrected chi connectivity index (χ2v) is 4.45. The topological polar surface area (TPSA) is 17.0 Å². The predicted molar refractivity (Wildman–Crippen MR) is 66.6 cm³/mol. The molecular formula is C11H10BrClN2. The molecule has 2 nitrogen and oxygen atoms in total. The van der Waals surface area contributed by atoms with E-state index >= 15 is 0 Å². The molecule has 15 heavy (non-hydrogen) atoms. The Morgan fingerprint density at radius 1 is 1.27 bits per heavy atom. The normalized spacial score (nSPS) is 10.3. The van der Waals surface area contributed by atoms with E-state index in [2.05, 4.69) is 21.4 Å². The monoisotopic (exact) mass is 284 g/mol. The smallest absolute Gasteiger partial charge is 0.0575 e. The zero-order valence-corrected chi connectivity index (χ0v) is 10.3. The predicted octanol–water partition coefficient (Wildman–Crippen LogP) is 3.65. The van der Waals surface area contributed by atoms with Crippen molar-refractivity contribution < 1.29 is 0 Å². The fraction of sp³-hybridized carbons (Fsp3) is 0.0909. The Kier molecular flexibility index (Phi) is 3.34. The van der Waals surface area contributed by atoms with E-state index in [1.807, 2.05) is 47.4 Å². The first-order chi connectivity index (χ1) is 7.25. The zero-order chi connectivity index (χ0) is 10.7. The van der Waals surface area contributed by atoms with Crippen LogP contribution in [0.4, 0.5) is 0 Å². The first-order valence-electron chi connectivity index (χ1n) is 4.56. The molecule has 2 aromatic rings. The van der Waals surface area contributed by atoms with E-state index in [-0.39, 0.29) is 0 Å². The molecule has 0 bridgehead atoms. The summed E-state index contributed by atoms with van der Waals surface area (Å²) in [4.78, 5) is 0. The maximum atomic E-state index is 5.86. The lowest BCUT2D eigenvalue weighted by Gasteiger charge is -2.09. The number of nitrogens with one attached hydrogen (secondary N) is 1. The van der Waals surface area contributed by atoms with Crippen LogP contribution >= 0.6 is 27.5 Å². The van der Waals surface area contributed by atoms with Crippen LogP contribution in [0.1, 0.15) is 5.56 Å². The summed E-state index contributed by atoms with van der Waals surface area (Å²) in [6.45, 7) is 0.756. The van der Waals surface area contributed by atoms with Crippen LogP contribution in [0.2, 0.25) is 5.02 Å². The average molecular weight is 286 g/mol. The Morgan fingerprint density at radius 3 is 2.67 bits per heavy atom. The first kappa shape index (κ1) is 10.6. The van der Waals surface area contributed by atoms with Crippen LogP contribution in [0.25, 0.3) is 0 Å². The average Bonchev–Trinajstić information content (AvgIpc) is 2.69. The minimum Gasteiger partial charge on any atom is -0.322 e. The standard InChI is InChI=1S/C11H10BrClN2/c12-11-7-10(13)4-3-9(11)8-14-15-5-1-2-6-15/h1-7,14H,8H2. The summed E-state index contributed by atoms with van der Waals surface area (Å²) >= 11 is 9.34. The second kappa shape index (κ2) is 4.73. The van der Waals surface area contributed by atoms with Gasteiger partial charge in [-0.15, -0.1) is 0 Å². The fourth-order valence-electron chi connectivity index (χ4n) is 1.28. The lowest BCUT2D eigenvalue weighted by molar-refractivity contribution is 0.845. The van der Waals surface area contributed by atoms with Crippen LogP contribution in [0.3, 0.4) is 0 Å². The Bertz CT molecular complexity index is 440. The summed E-state index contributed by atoms with van der Waals surface area (Å²) in [7, 11) is 0. The van der Waals surface area contributed by atoms with Crippen molar-refractivity contribution in [2.75, 3.05) is 5.43 Å². The summed E-state index contributed by atoms with van der Waals surface area (Å²) < 4.78 is 2.94. The van der Waals surface area contributed by atoms with Crippen LogP contribution < -0.4 is 5.43 Å². The minimum atomic E-state index is 0.742. The van der Waals surface area contributed by atoms with Gasteiger partial charge >= 0.3 is 0 Å². The van der Waals surface area contributed by atoms with E-state index in [1.165, 1.54) is 5.56 Å². The third-order valence-corrected chi connectivity index (χ3v) is 3.04. The molecule has 1 heterocycles. The second-order valence-electron chi connectivity index (χ2n) is 3.16. The molecule has 0 amide bonds. The van der Waals surface area contributed by atoms with Crippen LogP contribution in [-0.2, 0) is 6.54 Å². The molecule has 0 atom stereocenters. The van der Waals surface area contributed by atoms with Crippen molar-refractivity contribution in [3.05, 3.63) is 57.8 Å². The SMILES string of the molecule is Clc1ccc(CNn2cccc2)c(Br)c1. The van der Waals surface area contributed by atoms with Gasteiger partial charge in [-0.2, -0.15) is 0 Å². The molecule has 0 aliphatic rings. The van der Waals surface area contributed by atoms with Gasteiger partial charge in [-0.1, -0.05) is 33.6 Å². The number of rotatable bonds is 3. The van der Waals surface area contributed by atoms with Gasteiger partial charge in [0.15, 0.2) is 0 Å². The van der Waals surface area contributed by atoms with Crippen molar-refractivity contribution in [3.8, 4) is 0 Å². The molecule has 0 aliphatic heterocycles. The highest BCUT2D eigenvalue weighted by atomic mass is 79.9. The van der Waals surface area contributed by atoms with Crippen LogP contribution in [-0.4, -0.2) is 4.68 Å². The highest BCUT2D eigenvalue weighted by molar-refractivity contribution is 9.10. The van der Waals surface area contributed by atoms with E-state index in [9.17, 15) is 0 Å². The van der Waals surface area contributed by atoms with Crippen molar-refractivity contribution in [2.24, 2.45) is 0 Å². The third-order valence-electron chi connectivity index (χ3n) is 2.07. The van der Waals surface area contributed by atoms with E-state index in [0.29, 0.717) is 0 Å². The molecule has 1 N–H and O–H groups in total. The van der Waals surface area contributed by atoms with Crippen molar-refractivity contribution in [1.82, 2.24) is 4.68 Å². The number of hydrogen-bond acceptors (Lipinski definition) is 1. The molecule has 0 fully saturated rings. The molecule has 4 heteroatoms. The van der Waals surface area contributed by atoms with E-state index in [4.69, 9.17) is 11.6 Å². The van der Waals surface area contributed by atoms with Crippen molar-refractivity contribution in [2.45, 2.75) is 6.54 Å². The Morgan fingerprint density at radius 2 is 2.00 bits per heavy atom. The first-order valence-corrected chi connectivity index (χ1v) is 5.73. The van der Waals surface area contributed by atoms with Crippen LogP contribution in [0.5, 0.6) is 0 Å². The molecule has 78 valence electrons. The van der Waals surface area contributed by atoms with Crippen LogP contribution in [0, 0.1) is 0 Å². The summed E-state index contributed by atoms with van der Waals surface area (Å²) in [5, 5.41) is 0.742. The van der Waals surface area contributed by atoms with Gasteiger partial charge in [0.1, 0.15) is 0 Å². The van der Waals surface area contributed by atoms with Gasteiger partial charge in [-0.05, 0) is 29.8 Å². The summed E-state index contributed by atoms with van der Waals surface area (Å²) in [5.74, 6) is 0. The third kappa shape index (κ3) is 2.76. The Hall–Kier alpha value is -0.930. The van der Waals surface area contributed by atoms with E-state index in [0.717, 1.165) is 16.0 Å². The van der Waals surface area contributed by atoms with E-state index < -0.39 is 0 Å². The molecular weight excluding hydrogens is 275 g/mol. The summed E-state index contributed by atoms with van der Waals surface area (Å²) in [5.41, 5.74) is 4.42. The number of hydrogen-bond donors (Lipinski definition) is 1. The minimum absolute atomic E-state index is 0.742. The van der Waals surface area contributed by atoms with Gasteiger partial charge in [0, 0.05) is 21.9 Å². The van der Waals surface area contributed by atoms with Gasteiger partial charge in [0.05, 0.1) is 6.54 Å². The lowest BCUT2D eigenvalue weighted by Crippen LogP contribution is -2.11. The molecule has 0 spiro atoms. The molecule has 0 radical (unpaired) electrons. The van der Waals surface area contributed by atoms with Crippen molar-refractivity contribution >= 4 is 27.5 Å². The fourth-order valence-corrected chi connectivity index (χ4v) is 2.10. The van der Waals surface area contributed by atoms with Gasteiger partial charge in [-0.25, -0.2) is 0 Å². The number of halogens is 2. The number of aromatic nitrogens is 1. The van der Waals surface area contributed by atoms with Gasteiger partial charge in [0.2, 0.25) is 0 Å². The molecule has 1 aromatic heterocycles. The Labute approximate surface area is 102 Å². The van der Waals surface area contributed by atoms with Gasteiger partial charge in [-0.3, -0.25) is 4.68 Å². The summed E-state index contributed by atoms with van der Waals surface area (Å²) in [6, 6.07) is 9.74. The Balaban J connectivity index is 2.05. The molecule has 0 saturated carbocycles. The highest BCUT2D eigenvalue weighted by Gasteiger charge is 1.99. The molecule has 0 saturated heterocycles. The molecule has 1 aromatic carbocycles. The molecule has 0 aliphatic carbocycles. The lowest BCUT2D eigenvalue weighted by atomic mass is 10.2. The summed E-state index contributed by atoms with van der Waals surface area (Å²) in [6.07, 6.45) is 3.92. The van der Waals surface area contributed by atoms with Gasteiger partial charge in [0.25, 0.3) is 0 Å². The quantitative estimate of drug-likeness (QED) is 0.911. The highest BCUT2D eigenvalue weighted by Crippen LogP contribution is 2.21. The molecule has 2 rings (SSSR count). The van der Waals surface area contributed by atoms with Crippen molar-refractivity contribution in [3.63, 3.8) is 0 Å². The maximum absolute atomic E-state index is 5.86. The largest absolute Gasteiger partial charge is 0.322 e. The zero-order valence-electron chi connectivity index (χ0n) is 7.95. The number of nitrogens with zero attached hydrogens (tertiary/aromatic N) is 1.